The summed E-state index contributed by atoms with van der Waals surface area (Å²) < 4.78 is 10.8. The number of ketones is 1. The van der Waals surface area contributed by atoms with Crippen LogP contribution in [0.25, 0.3) is 0 Å². The Morgan fingerprint density at radius 2 is 2.00 bits per heavy atom. The van der Waals surface area contributed by atoms with Gasteiger partial charge >= 0.3 is 5.97 Å². The Bertz CT molecular complexity index is 625. The van der Waals surface area contributed by atoms with Gasteiger partial charge in [0.25, 0.3) is 0 Å². The van der Waals surface area contributed by atoms with Crippen molar-refractivity contribution >= 4 is 23.4 Å². The van der Waals surface area contributed by atoms with Crippen LogP contribution < -0.4 is 9.47 Å². The molecule has 0 spiro atoms. The molecule has 0 saturated carbocycles. The van der Waals surface area contributed by atoms with E-state index in [-0.39, 0.29) is 5.78 Å². The summed E-state index contributed by atoms with van der Waals surface area (Å²) in [6.07, 6.45) is 0. The third kappa shape index (κ3) is 2.43. The SMILES string of the molecule is CC(C)=C1Oc2c(ccc(OC(=O)C(C)Cl)c2C)C1=O. The van der Waals surface area contributed by atoms with Gasteiger partial charge in [0.15, 0.2) is 5.76 Å². The summed E-state index contributed by atoms with van der Waals surface area (Å²) in [6, 6.07) is 3.18. The van der Waals surface area contributed by atoms with E-state index < -0.39 is 11.3 Å². The maximum Gasteiger partial charge on any atom is 0.329 e. The second kappa shape index (κ2) is 5.29. The zero-order valence-electron chi connectivity index (χ0n) is 11.7. The van der Waals surface area contributed by atoms with Crippen LogP contribution in [-0.2, 0) is 4.79 Å². The topological polar surface area (TPSA) is 52.6 Å². The molecule has 0 radical (unpaired) electrons. The van der Waals surface area contributed by atoms with Gasteiger partial charge in [-0.3, -0.25) is 9.59 Å². The van der Waals surface area contributed by atoms with Crippen LogP contribution in [0.15, 0.2) is 23.5 Å². The molecule has 1 unspecified atom stereocenters. The highest BCUT2D eigenvalue weighted by atomic mass is 35.5. The van der Waals surface area contributed by atoms with Crippen molar-refractivity contribution in [1.82, 2.24) is 0 Å². The predicted octanol–water partition coefficient (Wildman–Crippen LogP) is 3.40. The molecule has 5 heteroatoms. The van der Waals surface area contributed by atoms with Crippen LogP contribution in [0.3, 0.4) is 0 Å². The van der Waals surface area contributed by atoms with Crippen molar-refractivity contribution < 1.29 is 19.1 Å². The number of ether oxygens (including phenoxy) is 2. The molecule has 1 aliphatic heterocycles. The van der Waals surface area contributed by atoms with Crippen LogP contribution in [0.2, 0.25) is 0 Å². The van der Waals surface area contributed by atoms with E-state index in [0.29, 0.717) is 28.4 Å². The van der Waals surface area contributed by atoms with E-state index in [1.807, 2.05) is 13.8 Å². The largest absolute Gasteiger partial charge is 0.452 e. The smallest absolute Gasteiger partial charge is 0.329 e. The van der Waals surface area contributed by atoms with Crippen molar-refractivity contribution in [2.75, 3.05) is 0 Å². The Morgan fingerprint density at radius 3 is 2.55 bits per heavy atom. The number of allylic oxidation sites excluding steroid dienone is 2. The summed E-state index contributed by atoms with van der Waals surface area (Å²) >= 11 is 5.67. The lowest BCUT2D eigenvalue weighted by molar-refractivity contribution is -0.133. The lowest BCUT2D eigenvalue weighted by Gasteiger charge is -2.10. The third-order valence-corrected chi connectivity index (χ3v) is 3.18. The van der Waals surface area contributed by atoms with Crippen molar-refractivity contribution in [2.24, 2.45) is 0 Å². The average molecular weight is 295 g/mol. The first-order valence-electron chi connectivity index (χ1n) is 6.22. The molecule has 0 saturated heterocycles. The van der Waals surface area contributed by atoms with E-state index in [1.54, 1.807) is 19.1 Å². The Kier molecular flexibility index (Phi) is 3.86. The second-order valence-corrected chi connectivity index (χ2v) is 5.52. The van der Waals surface area contributed by atoms with E-state index in [0.717, 1.165) is 5.57 Å². The van der Waals surface area contributed by atoms with E-state index in [9.17, 15) is 9.59 Å². The number of hydrogen-bond acceptors (Lipinski definition) is 4. The monoisotopic (exact) mass is 294 g/mol. The fourth-order valence-electron chi connectivity index (χ4n) is 1.88. The zero-order valence-corrected chi connectivity index (χ0v) is 12.5. The van der Waals surface area contributed by atoms with Gasteiger partial charge in [-0.05, 0) is 45.4 Å². The van der Waals surface area contributed by atoms with Crippen LogP contribution in [0.5, 0.6) is 11.5 Å². The van der Waals surface area contributed by atoms with Gasteiger partial charge in [0.05, 0.1) is 5.56 Å². The molecule has 2 rings (SSSR count). The van der Waals surface area contributed by atoms with Crippen LogP contribution in [0, 0.1) is 6.92 Å². The fraction of sp³-hybridized carbons (Fsp3) is 0.333. The molecule has 1 aromatic carbocycles. The Hall–Kier alpha value is -1.81. The Morgan fingerprint density at radius 1 is 1.35 bits per heavy atom. The van der Waals surface area contributed by atoms with Gasteiger partial charge in [0.2, 0.25) is 5.78 Å². The quantitative estimate of drug-likeness (QED) is 0.363. The van der Waals surface area contributed by atoms with Crippen molar-refractivity contribution in [3.63, 3.8) is 0 Å². The number of hydrogen-bond donors (Lipinski definition) is 0. The third-order valence-electron chi connectivity index (χ3n) is 3.00. The van der Waals surface area contributed by atoms with Gasteiger partial charge in [0.1, 0.15) is 16.9 Å². The van der Waals surface area contributed by atoms with Gasteiger partial charge < -0.3 is 9.47 Å². The van der Waals surface area contributed by atoms with Crippen molar-refractivity contribution in [3.05, 3.63) is 34.6 Å². The number of carbonyl (C=O) groups excluding carboxylic acids is 2. The summed E-state index contributed by atoms with van der Waals surface area (Å²) in [6.45, 7) is 6.89. The van der Waals surface area contributed by atoms with Crippen LogP contribution in [0.1, 0.15) is 36.7 Å². The number of Topliss-reactive ketones (excluding diaryl/α,β-unsaturated/α-hetero) is 1. The molecule has 1 atom stereocenters. The molecule has 0 bridgehead atoms. The number of alkyl halides is 1. The fourth-order valence-corrected chi connectivity index (χ4v) is 1.93. The molecule has 1 aliphatic rings. The normalized spacial score (nSPS) is 14.7. The van der Waals surface area contributed by atoms with Gasteiger partial charge in [-0.1, -0.05) is 0 Å². The number of carbonyl (C=O) groups is 2. The lowest BCUT2D eigenvalue weighted by Crippen LogP contribution is -2.18. The summed E-state index contributed by atoms with van der Waals surface area (Å²) in [5.74, 6) is 0.438. The molecule has 1 heterocycles. The van der Waals surface area contributed by atoms with Gasteiger partial charge in [0, 0.05) is 5.56 Å². The highest BCUT2D eigenvalue weighted by molar-refractivity contribution is 6.29. The molecular formula is C15H15ClO4. The minimum Gasteiger partial charge on any atom is -0.452 e. The minimum atomic E-state index is -0.737. The number of rotatable bonds is 2. The molecule has 0 N–H and O–H groups in total. The molecule has 20 heavy (non-hydrogen) atoms. The maximum absolute atomic E-state index is 12.1. The second-order valence-electron chi connectivity index (χ2n) is 4.86. The maximum atomic E-state index is 12.1. The molecule has 0 fully saturated rings. The molecular weight excluding hydrogens is 280 g/mol. The first kappa shape index (κ1) is 14.6. The first-order chi connectivity index (χ1) is 9.32. The van der Waals surface area contributed by atoms with Crippen molar-refractivity contribution in [3.8, 4) is 11.5 Å². The standard InChI is InChI=1S/C15H15ClO4/c1-7(2)13-12(17)10-5-6-11(8(3)14(10)20-13)19-15(18)9(4)16/h5-6,9H,1-4H3. The molecule has 0 aliphatic carbocycles. The Balaban J connectivity index is 2.41. The van der Waals surface area contributed by atoms with Crippen LogP contribution in [-0.4, -0.2) is 17.1 Å². The summed E-state index contributed by atoms with van der Waals surface area (Å²) in [4.78, 5) is 23.7. The predicted molar refractivity (Wildman–Crippen MR) is 75.5 cm³/mol. The highest BCUT2D eigenvalue weighted by Gasteiger charge is 2.31. The number of benzene rings is 1. The summed E-state index contributed by atoms with van der Waals surface area (Å²) in [7, 11) is 0. The number of halogens is 1. The van der Waals surface area contributed by atoms with Crippen LogP contribution in [0.4, 0.5) is 0 Å². The van der Waals surface area contributed by atoms with E-state index >= 15 is 0 Å². The van der Waals surface area contributed by atoms with Gasteiger partial charge in [-0.25, -0.2) is 0 Å². The van der Waals surface area contributed by atoms with E-state index in [2.05, 4.69) is 0 Å². The van der Waals surface area contributed by atoms with Gasteiger partial charge in [-0.15, -0.1) is 11.6 Å². The average Bonchev–Trinajstić information content (AvgIpc) is 2.71. The van der Waals surface area contributed by atoms with Gasteiger partial charge in [-0.2, -0.15) is 0 Å². The van der Waals surface area contributed by atoms with Crippen molar-refractivity contribution in [2.45, 2.75) is 33.1 Å². The summed E-state index contributed by atoms with van der Waals surface area (Å²) in [5.41, 5.74) is 1.90. The molecule has 1 aromatic rings. The first-order valence-corrected chi connectivity index (χ1v) is 6.66. The van der Waals surface area contributed by atoms with E-state index in [4.69, 9.17) is 21.1 Å². The minimum absolute atomic E-state index is 0.147. The molecule has 0 aromatic heterocycles. The summed E-state index contributed by atoms with van der Waals surface area (Å²) in [5, 5.41) is -0.737. The molecule has 4 nitrogen and oxygen atoms in total. The molecule has 106 valence electrons. The molecule has 0 amide bonds. The van der Waals surface area contributed by atoms with Crippen molar-refractivity contribution in [1.29, 1.82) is 0 Å². The zero-order chi connectivity index (χ0) is 15.0. The number of esters is 1. The lowest BCUT2D eigenvalue weighted by atomic mass is 10.1. The van der Waals surface area contributed by atoms with E-state index in [1.165, 1.54) is 6.92 Å². The number of fused-ring (bicyclic) bond motifs is 1. The van der Waals surface area contributed by atoms with Crippen LogP contribution >= 0.6 is 11.6 Å². The Labute approximate surface area is 122 Å². The highest BCUT2D eigenvalue weighted by Crippen LogP contribution is 2.39.